The molecule has 4 rings (SSSR count). The molecule has 1 aliphatic carbocycles. The van der Waals surface area contributed by atoms with Gasteiger partial charge in [0.2, 0.25) is 0 Å². The van der Waals surface area contributed by atoms with Gasteiger partial charge in [-0.25, -0.2) is 8.42 Å². The zero-order valence-corrected chi connectivity index (χ0v) is 13.0. The number of benzene rings is 1. The predicted molar refractivity (Wildman–Crippen MR) is 81.9 cm³/mol. The minimum Gasteiger partial charge on any atom is -0.309 e. The van der Waals surface area contributed by atoms with Crippen molar-refractivity contribution < 1.29 is 8.42 Å². The Morgan fingerprint density at radius 1 is 1.19 bits per heavy atom. The predicted octanol–water partition coefficient (Wildman–Crippen LogP) is 1.59. The molecule has 2 atom stereocenters. The molecule has 21 heavy (non-hydrogen) atoms. The van der Waals surface area contributed by atoms with Crippen LogP contribution in [0.3, 0.4) is 0 Å². The van der Waals surface area contributed by atoms with Crippen LogP contribution in [0.15, 0.2) is 29.2 Å². The van der Waals surface area contributed by atoms with Crippen molar-refractivity contribution in [2.24, 2.45) is 5.92 Å². The normalized spacial score (nSPS) is 31.4. The Morgan fingerprint density at radius 3 is 2.81 bits per heavy atom. The molecule has 2 fully saturated rings. The van der Waals surface area contributed by atoms with Crippen molar-refractivity contribution in [2.75, 3.05) is 25.4 Å². The van der Waals surface area contributed by atoms with Gasteiger partial charge in [0.25, 0.3) is 0 Å². The minimum absolute atomic E-state index is 0.0267. The molecule has 0 spiro atoms. The van der Waals surface area contributed by atoms with Crippen LogP contribution in [0, 0.1) is 5.92 Å². The van der Waals surface area contributed by atoms with Crippen molar-refractivity contribution in [3.05, 3.63) is 29.8 Å². The second-order valence-corrected chi connectivity index (χ2v) is 8.66. The SMILES string of the molecule is O=S1(=O)CC(NCC2CCN(C3CC3)C2)c2ccccc21. The van der Waals surface area contributed by atoms with Gasteiger partial charge in [-0.3, -0.25) is 0 Å². The van der Waals surface area contributed by atoms with Gasteiger partial charge in [-0.1, -0.05) is 18.2 Å². The molecule has 114 valence electrons. The van der Waals surface area contributed by atoms with Crippen molar-refractivity contribution in [3.8, 4) is 0 Å². The van der Waals surface area contributed by atoms with Crippen LogP contribution in [0.4, 0.5) is 0 Å². The van der Waals surface area contributed by atoms with E-state index in [0.29, 0.717) is 10.8 Å². The Balaban J connectivity index is 1.40. The summed E-state index contributed by atoms with van der Waals surface area (Å²) in [6, 6.07) is 8.24. The molecule has 0 aromatic heterocycles. The monoisotopic (exact) mass is 306 g/mol. The Hall–Kier alpha value is -0.910. The molecule has 5 heteroatoms. The highest BCUT2D eigenvalue weighted by Gasteiger charge is 2.36. The maximum atomic E-state index is 12.2. The summed E-state index contributed by atoms with van der Waals surface area (Å²) in [4.78, 5) is 3.12. The van der Waals surface area contributed by atoms with E-state index in [-0.39, 0.29) is 11.8 Å². The van der Waals surface area contributed by atoms with Crippen molar-refractivity contribution in [3.63, 3.8) is 0 Å². The fourth-order valence-electron chi connectivity index (χ4n) is 3.73. The first-order valence-corrected chi connectivity index (χ1v) is 9.58. The van der Waals surface area contributed by atoms with Crippen molar-refractivity contribution in [1.82, 2.24) is 10.2 Å². The number of rotatable bonds is 4. The van der Waals surface area contributed by atoms with Gasteiger partial charge in [0.05, 0.1) is 10.6 Å². The second kappa shape index (κ2) is 5.07. The fourth-order valence-corrected chi connectivity index (χ4v) is 5.50. The van der Waals surface area contributed by atoms with E-state index in [0.717, 1.165) is 18.2 Å². The standard InChI is InChI=1S/C16H22N2O2S/c19-21(20)11-15(14-3-1-2-4-16(14)21)17-9-12-7-8-18(10-12)13-5-6-13/h1-4,12-13,15,17H,5-11H2. The third-order valence-electron chi connectivity index (χ3n) is 5.05. The van der Waals surface area contributed by atoms with E-state index >= 15 is 0 Å². The molecule has 2 unspecified atom stereocenters. The summed E-state index contributed by atoms with van der Waals surface area (Å²) in [6.07, 6.45) is 3.98. The van der Waals surface area contributed by atoms with Crippen LogP contribution >= 0.6 is 0 Å². The topological polar surface area (TPSA) is 49.4 Å². The first-order chi connectivity index (χ1) is 10.1. The average molecular weight is 306 g/mol. The van der Waals surface area contributed by atoms with E-state index in [9.17, 15) is 8.42 Å². The van der Waals surface area contributed by atoms with E-state index in [1.165, 1.54) is 32.4 Å². The van der Waals surface area contributed by atoms with Gasteiger partial charge >= 0.3 is 0 Å². The number of hydrogen-bond donors (Lipinski definition) is 1. The molecule has 1 aromatic carbocycles. The summed E-state index contributed by atoms with van der Waals surface area (Å²) in [5.41, 5.74) is 0.953. The molecule has 1 saturated heterocycles. The zero-order valence-electron chi connectivity index (χ0n) is 12.2. The first-order valence-electron chi connectivity index (χ1n) is 7.92. The lowest BCUT2D eigenvalue weighted by molar-refractivity contribution is 0.310. The van der Waals surface area contributed by atoms with Crippen LogP contribution in [-0.4, -0.2) is 44.7 Å². The molecule has 4 nitrogen and oxygen atoms in total. The summed E-state index contributed by atoms with van der Waals surface area (Å²) in [5.74, 6) is 0.881. The lowest BCUT2D eigenvalue weighted by Gasteiger charge is -2.18. The largest absolute Gasteiger partial charge is 0.309 e. The molecule has 1 aromatic rings. The Morgan fingerprint density at radius 2 is 2.00 bits per heavy atom. The molecule has 2 aliphatic heterocycles. The van der Waals surface area contributed by atoms with Gasteiger partial charge in [-0.15, -0.1) is 0 Å². The maximum absolute atomic E-state index is 12.2. The van der Waals surface area contributed by atoms with Crippen LogP contribution in [-0.2, 0) is 9.84 Å². The number of nitrogens with zero attached hydrogens (tertiary/aromatic N) is 1. The minimum atomic E-state index is -3.09. The maximum Gasteiger partial charge on any atom is 0.180 e. The molecular formula is C16H22N2O2S. The van der Waals surface area contributed by atoms with Crippen LogP contribution in [0.25, 0.3) is 0 Å². The lowest BCUT2D eigenvalue weighted by Crippen LogP contribution is -2.30. The Labute approximate surface area is 126 Å². The average Bonchev–Trinajstić information content (AvgIpc) is 3.16. The molecule has 0 radical (unpaired) electrons. The van der Waals surface area contributed by atoms with E-state index in [4.69, 9.17) is 0 Å². The van der Waals surface area contributed by atoms with Crippen molar-refractivity contribution in [1.29, 1.82) is 0 Å². The van der Waals surface area contributed by atoms with Crippen LogP contribution in [0.1, 0.15) is 30.9 Å². The van der Waals surface area contributed by atoms with Crippen LogP contribution in [0.2, 0.25) is 0 Å². The van der Waals surface area contributed by atoms with E-state index in [1.54, 1.807) is 6.07 Å². The highest BCUT2D eigenvalue weighted by Crippen LogP contribution is 2.34. The summed E-state index contributed by atoms with van der Waals surface area (Å²) < 4.78 is 24.3. The third kappa shape index (κ3) is 2.62. The third-order valence-corrected chi connectivity index (χ3v) is 6.86. The summed E-state index contributed by atoms with van der Waals surface area (Å²) in [6.45, 7) is 3.33. The van der Waals surface area contributed by atoms with Gasteiger partial charge in [0.1, 0.15) is 0 Å². The number of fused-ring (bicyclic) bond motifs is 1. The molecule has 2 heterocycles. The van der Waals surface area contributed by atoms with Crippen molar-refractivity contribution >= 4 is 9.84 Å². The zero-order chi connectivity index (χ0) is 14.4. The first kappa shape index (κ1) is 13.7. The molecule has 0 bridgehead atoms. The summed E-state index contributed by atoms with van der Waals surface area (Å²) in [5, 5.41) is 3.51. The van der Waals surface area contributed by atoms with Crippen molar-refractivity contribution in [2.45, 2.75) is 36.2 Å². The van der Waals surface area contributed by atoms with Gasteiger partial charge < -0.3 is 10.2 Å². The molecule has 3 aliphatic rings. The van der Waals surface area contributed by atoms with E-state index in [2.05, 4.69) is 10.2 Å². The summed E-state index contributed by atoms with van der Waals surface area (Å²) >= 11 is 0. The number of nitrogens with one attached hydrogen (secondary N) is 1. The highest BCUT2D eigenvalue weighted by atomic mass is 32.2. The summed E-state index contributed by atoms with van der Waals surface area (Å²) in [7, 11) is -3.09. The molecule has 1 saturated carbocycles. The van der Waals surface area contributed by atoms with Gasteiger partial charge in [-0.2, -0.15) is 0 Å². The van der Waals surface area contributed by atoms with Gasteiger partial charge in [0.15, 0.2) is 9.84 Å². The number of hydrogen-bond acceptors (Lipinski definition) is 4. The number of sulfone groups is 1. The van der Waals surface area contributed by atoms with Crippen LogP contribution < -0.4 is 5.32 Å². The van der Waals surface area contributed by atoms with E-state index in [1.807, 2.05) is 18.2 Å². The Kier molecular flexibility index (Phi) is 3.32. The quantitative estimate of drug-likeness (QED) is 0.918. The van der Waals surface area contributed by atoms with Gasteiger partial charge in [0, 0.05) is 18.6 Å². The molecule has 1 N–H and O–H groups in total. The second-order valence-electron chi connectivity index (χ2n) is 6.66. The van der Waals surface area contributed by atoms with Gasteiger partial charge in [-0.05, 0) is 49.9 Å². The number of likely N-dealkylation sites (tertiary alicyclic amines) is 1. The van der Waals surface area contributed by atoms with E-state index < -0.39 is 9.84 Å². The lowest BCUT2D eigenvalue weighted by atomic mass is 10.1. The van der Waals surface area contributed by atoms with Crippen LogP contribution in [0.5, 0.6) is 0 Å². The molecule has 0 amide bonds. The highest BCUT2D eigenvalue weighted by molar-refractivity contribution is 7.91. The Bertz CT molecular complexity index is 639. The molecular weight excluding hydrogens is 284 g/mol. The smallest absolute Gasteiger partial charge is 0.180 e. The fraction of sp³-hybridized carbons (Fsp3) is 0.625.